The first-order valence-corrected chi connectivity index (χ1v) is 6.29. The average Bonchev–Trinajstić information content (AvgIpc) is 2.89. The molecule has 1 heterocycles. The van der Waals surface area contributed by atoms with Gasteiger partial charge in [0.05, 0.1) is 0 Å². The van der Waals surface area contributed by atoms with Crippen LogP contribution < -0.4 is 5.73 Å². The first-order chi connectivity index (χ1) is 8.24. The van der Waals surface area contributed by atoms with Gasteiger partial charge in [-0.1, -0.05) is 6.07 Å². The van der Waals surface area contributed by atoms with Gasteiger partial charge in [0.15, 0.2) is 5.78 Å². The molecule has 0 atom stereocenters. The summed E-state index contributed by atoms with van der Waals surface area (Å²) < 4.78 is 0. The van der Waals surface area contributed by atoms with Crippen LogP contribution in [0.3, 0.4) is 0 Å². The molecule has 0 saturated carbocycles. The molecule has 1 aliphatic carbocycles. The normalized spacial score (nSPS) is 16.5. The number of carbonyl (C=O) groups excluding carboxylic acids is 1. The maximum atomic E-state index is 12.1. The van der Waals surface area contributed by atoms with Crippen molar-refractivity contribution in [1.82, 2.24) is 0 Å². The van der Waals surface area contributed by atoms with E-state index in [0.717, 1.165) is 21.6 Å². The number of carbonyl (C=O) groups is 1. The van der Waals surface area contributed by atoms with E-state index in [2.05, 4.69) is 0 Å². The number of thiophene rings is 1. The fourth-order valence-electron chi connectivity index (χ4n) is 2.10. The number of hydrogen-bond donors (Lipinski definition) is 1. The number of ketones is 1. The molecular formula is C14H11NOS. The van der Waals surface area contributed by atoms with Gasteiger partial charge >= 0.3 is 0 Å². The SMILES string of the molecule is Nc1ccc2c(c1)C/C(=C/c1cccs1)C2=O. The van der Waals surface area contributed by atoms with E-state index in [1.807, 2.05) is 35.7 Å². The highest BCUT2D eigenvalue weighted by atomic mass is 32.1. The van der Waals surface area contributed by atoms with Gasteiger partial charge in [0, 0.05) is 28.1 Å². The van der Waals surface area contributed by atoms with Crippen LogP contribution >= 0.6 is 11.3 Å². The molecule has 1 aromatic heterocycles. The van der Waals surface area contributed by atoms with E-state index in [0.29, 0.717) is 12.1 Å². The molecule has 2 N–H and O–H groups in total. The second-order valence-electron chi connectivity index (χ2n) is 4.11. The molecule has 0 radical (unpaired) electrons. The highest BCUT2D eigenvalue weighted by molar-refractivity contribution is 7.10. The summed E-state index contributed by atoms with van der Waals surface area (Å²) in [6, 6.07) is 9.50. The van der Waals surface area contributed by atoms with E-state index < -0.39 is 0 Å². The van der Waals surface area contributed by atoms with Crippen molar-refractivity contribution in [1.29, 1.82) is 0 Å². The molecule has 0 unspecified atom stereocenters. The minimum absolute atomic E-state index is 0.133. The summed E-state index contributed by atoms with van der Waals surface area (Å²) in [5.41, 5.74) is 9.13. The highest BCUT2D eigenvalue weighted by Crippen LogP contribution is 2.29. The third-order valence-electron chi connectivity index (χ3n) is 2.91. The molecule has 0 spiro atoms. The van der Waals surface area contributed by atoms with Crippen molar-refractivity contribution < 1.29 is 4.79 Å². The Hall–Kier alpha value is -1.87. The first kappa shape index (κ1) is 10.3. The molecule has 1 aromatic carbocycles. The minimum atomic E-state index is 0.133. The van der Waals surface area contributed by atoms with Crippen LogP contribution in [0, 0.1) is 0 Å². The minimum Gasteiger partial charge on any atom is -0.399 e. The molecule has 3 heteroatoms. The summed E-state index contributed by atoms with van der Waals surface area (Å²) in [6.07, 6.45) is 2.67. The summed E-state index contributed by atoms with van der Waals surface area (Å²) in [5.74, 6) is 0.133. The lowest BCUT2D eigenvalue weighted by molar-refractivity contribution is 0.104. The predicted molar refractivity (Wildman–Crippen MR) is 71.2 cm³/mol. The van der Waals surface area contributed by atoms with E-state index >= 15 is 0 Å². The fourth-order valence-corrected chi connectivity index (χ4v) is 2.78. The molecule has 3 rings (SSSR count). The number of allylic oxidation sites excluding steroid dienone is 1. The van der Waals surface area contributed by atoms with Crippen molar-refractivity contribution in [2.75, 3.05) is 5.73 Å². The number of nitrogens with two attached hydrogens (primary N) is 1. The third-order valence-corrected chi connectivity index (χ3v) is 3.73. The van der Waals surface area contributed by atoms with Crippen LogP contribution in [-0.4, -0.2) is 5.78 Å². The van der Waals surface area contributed by atoms with Crippen molar-refractivity contribution in [3.8, 4) is 0 Å². The monoisotopic (exact) mass is 241 g/mol. The third kappa shape index (κ3) is 1.78. The molecular weight excluding hydrogens is 230 g/mol. The van der Waals surface area contributed by atoms with Gasteiger partial charge in [-0.05, 0) is 41.3 Å². The lowest BCUT2D eigenvalue weighted by Gasteiger charge is -1.96. The zero-order valence-electron chi connectivity index (χ0n) is 9.14. The molecule has 84 valence electrons. The molecule has 2 nitrogen and oxygen atoms in total. The summed E-state index contributed by atoms with van der Waals surface area (Å²) in [7, 11) is 0. The number of Topliss-reactive ketones (excluding diaryl/α,β-unsaturated/α-hetero) is 1. The Morgan fingerprint density at radius 2 is 2.18 bits per heavy atom. The maximum Gasteiger partial charge on any atom is 0.189 e. The van der Waals surface area contributed by atoms with E-state index in [4.69, 9.17) is 5.73 Å². The van der Waals surface area contributed by atoms with E-state index in [1.54, 1.807) is 17.4 Å². The topological polar surface area (TPSA) is 43.1 Å². The molecule has 1 aliphatic rings. The molecule has 0 aliphatic heterocycles. The van der Waals surface area contributed by atoms with Crippen LogP contribution in [0.2, 0.25) is 0 Å². The number of rotatable bonds is 1. The van der Waals surface area contributed by atoms with Crippen LogP contribution in [0.5, 0.6) is 0 Å². The van der Waals surface area contributed by atoms with Crippen molar-refractivity contribution in [2.45, 2.75) is 6.42 Å². The number of nitrogen functional groups attached to an aromatic ring is 1. The summed E-state index contributed by atoms with van der Waals surface area (Å²) in [6.45, 7) is 0. The van der Waals surface area contributed by atoms with Crippen LogP contribution in [0.15, 0.2) is 41.3 Å². The van der Waals surface area contributed by atoms with Gasteiger partial charge in [0.1, 0.15) is 0 Å². The van der Waals surface area contributed by atoms with Crippen molar-refractivity contribution in [3.63, 3.8) is 0 Å². The summed E-state index contributed by atoms with van der Waals surface area (Å²) >= 11 is 1.64. The fraction of sp³-hybridized carbons (Fsp3) is 0.0714. The number of benzene rings is 1. The van der Waals surface area contributed by atoms with Gasteiger partial charge in [-0.15, -0.1) is 11.3 Å². The zero-order chi connectivity index (χ0) is 11.8. The van der Waals surface area contributed by atoms with Gasteiger partial charge < -0.3 is 5.73 Å². The van der Waals surface area contributed by atoms with Gasteiger partial charge in [0.2, 0.25) is 0 Å². The zero-order valence-corrected chi connectivity index (χ0v) is 9.96. The number of anilines is 1. The Balaban J connectivity index is 2.02. The maximum absolute atomic E-state index is 12.1. The molecule has 2 aromatic rings. The second kappa shape index (κ2) is 3.86. The van der Waals surface area contributed by atoms with Gasteiger partial charge in [-0.25, -0.2) is 0 Å². The average molecular weight is 241 g/mol. The summed E-state index contributed by atoms with van der Waals surface area (Å²) in [5, 5.41) is 2.01. The lowest BCUT2D eigenvalue weighted by Crippen LogP contribution is -1.95. The molecule has 0 saturated heterocycles. The molecule has 0 amide bonds. The highest BCUT2D eigenvalue weighted by Gasteiger charge is 2.24. The first-order valence-electron chi connectivity index (χ1n) is 5.41. The standard InChI is InChI=1S/C14H11NOS/c15-11-3-4-13-9(7-11)6-10(14(13)16)8-12-2-1-5-17-12/h1-5,7-8H,6,15H2/b10-8-. The Labute approximate surface area is 103 Å². The van der Waals surface area contributed by atoms with Crippen LogP contribution in [0.4, 0.5) is 5.69 Å². The van der Waals surface area contributed by atoms with Crippen molar-refractivity contribution >= 4 is 28.9 Å². The van der Waals surface area contributed by atoms with Gasteiger partial charge in [-0.3, -0.25) is 4.79 Å². The Bertz CT molecular complexity index is 611. The lowest BCUT2D eigenvalue weighted by atomic mass is 10.1. The number of hydrogen-bond acceptors (Lipinski definition) is 3. The molecule has 0 bridgehead atoms. The molecule has 17 heavy (non-hydrogen) atoms. The smallest absolute Gasteiger partial charge is 0.189 e. The van der Waals surface area contributed by atoms with Crippen LogP contribution in [-0.2, 0) is 6.42 Å². The largest absolute Gasteiger partial charge is 0.399 e. The van der Waals surface area contributed by atoms with E-state index in [9.17, 15) is 4.79 Å². The quantitative estimate of drug-likeness (QED) is 0.615. The molecule has 0 fully saturated rings. The number of fused-ring (bicyclic) bond motifs is 1. The van der Waals surface area contributed by atoms with Crippen LogP contribution in [0.1, 0.15) is 20.8 Å². The van der Waals surface area contributed by atoms with Gasteiger partial charge in [-0.2, -0.15) is 0 Å². The second-order valence-corrected chi connectivity index (χ2v) is 5.09. The van der Waals surface area contributed by atoms with Crippen LogP contribution in [0.25, 0.3) is 6.08 Å². The van der Waals surface area contributed by atoms with Crippen molar-refractivity contribution in [3.05, 3.63) is 57.3 Å². The van der Waals surface area contributed by atoms with Crippen molar-refractivity contribution in [2.24, 2.45) is 0 Å². The summed E-state index contributed by atoms with van der Waals surface area (Å²) in [4.78, 5) is 13.2. The Morgan fingerprint density at radius 3 is 2.94 bits per heavy atom. The van der Waals surface area contributed by atoms with Gasteiger partial charge in [0.25, 0.3) is 0 Å². The van der Waals surface area contributed by atoms with E-state index in [-0.39, 0.29) is 5.78 Å². The Morgan fingerprint density at radius 1 is 1.29 bits per heavy atom. The Kier molecular flexibility index (Phi) is 2.34. The van der Waals surface area contributed by atoms with E-state index in [1.165, 1.54) is 0 Å². The predicted octanol–water partition coefficient (Wildman–Crippen LogP) is 3.15.